The molecule has 5 N–H and O–H groups in total. The summed E-state index contributed by atoms with van der Waals surface area (Å²) in [6, 6.07) is -1.20. The van der Waals surface area contributed by atoms with Gasteiger partial charge in [0, 0.05) is 12.5 Å². The predicted octanol–water partition coefficient (Wildman–Crippen LogP) is -1.90. The molecule has 1 aliphatic heterocycles. The molecule has 2 amide bonds. The fraction of sp³-hybridized carbons (Fsp3) is 0.923. The van der Waals surface area contributed by atoms with Crippen LogP contribution in [0.4, 0.5) is 4.79 Å². The van der Waals surface area contributed by atoms with Crippen LogP contribution in [0, 0.1) is 4.91 Å². The quantitative estimate of drug-likeness (QED) is 0.0921. The molecule has 1 heterocycles. The standard InChI is InChI=1S/C13H24ClN3O9/c1-2-24-5-6-25-11-13(22,10(20)9(19)8(7-18)26-11)15-12(21)17(16-23)4-3-14/h8-11,18-20,22H,2-7H2,1H3,(H,15,21)/t8-,9-,10+,11+,13+/m1/s1. The van der Waals surface area contributed by atoms with Gasteiger partial charge in [-0.15, -0.1) is 16.5 Å². The highest BCUT2D eigenvalue weighted by Crippen LogP contribution is 2.29. The summed E-state index contributed by atoms with van der Waals surface area (Å²) >= 11 is 5.45. The van der Waals surface area contributed by atoms with Crippen molar-refractivity contribution in [1.82, 2.24) is 10.3 Å². The number of ether oxygens (including phenoxy) is 3. The van der Waals surface area contributed by atoms with Crippen molar-refractivity contribution in [2.24, 2.45) is 5.29 Å². The Balaban J connectivity index is 2.96. The Morgan fingerprint density at radius 2 is 2.12 bits per heavy atom. The van der Waals surface area contributed by atoms with Gasteiger partial charge in [-0.3, -0.25) is 0 Å². The smallest absolute Gasteiger partial charge is 0.342 e. The number of urea groups is 1. The normalized spacial score (nSPS) is 31.5. The third kappa shape index (κ3) is 5.44. The fourth-order valence-electron chi connectivity index (χ4n) is 2.25. The lowest BCUT2D eigenvalue weighted by Crippen LogP contribution is -2.74. The predicted molar refractivity (Wildman–Crippen MR) is 86.9 cm³/mol. The van der Waals surface area contributed by atoms with E-state index in [1.165, 1.54) is 0 Å². The zero-order valence-electron chi connectivity index (χ0n) is 14.2. The van der Waals surface area contributed by atoms with Gasteiger partial charge in [-0.25, -0.2) is 4.79 Å². The van der Waals surface area contributed by atoms with E-state index in [0.29, 0.717) is 11.6 Å². The number of nitrogens with one attached hydrogen (secondary N) is 1. The second-order valence-corrected chi connectivity index (χ2v) is 5.72. The van der Waals surface area contributed by atoms with Crippen LogP contribution in [0.1, 0.15) is 6.92 Å². The van der Waals surface area contributed by atoms with Crippen molar-refractivity contribution >= 4 is 17.6 Å². The highest BCUT2D eigenvalue weighted by Gasteiger charge is 2.57. The SMILES string of the molecule is CCOCCO[C@H]1O[C@H](CO)[C@@H](O)[C@H](O)[C@@]1(O)NC(=O)N(CCCl)N=O. The first-order valence-corrected chi connectivity index (χ1v) is 8.42. The Kier molecular flexibility index (Phi) is 9.60. The Morgan fingerprint density at radius 1 is 1.42 bits per heavy atom. The molecular weight excluding hydrogens is 378 g/mol. The van der Waals surface area contributed by atoms with E-state index in [1.54, 1.807) is 6.92 Å². The lowest BCUT2D eigenvalue weighted by Gasteiger charge is -2.47. The minimum absolute atomic E-state index is 0.0883. The number of nitroso groups, excluding NO2 is 1. The summed E-state index contributed by atoms with van der Waals surface area (Å²) in [5.74, 6) is -0.111. The van der Waals surface area contributed by atoms with Crippen molar-refractivity contribution in [3.63, 3.8) is 0 Å². The maximum Gasteiger partial charge on any atom is 0.342 e. The maximum atomic E-state index is 12.1. The molecule has 13 heteroatoms. The zero-order chi connectivity index (χ0) is 19.7. The van der Waals surface area contributed by atoms with Gasteiger partial charge in [0.2, 0.25) is 12.0 Å². The summed E-state index contributed by atoms with van der Waals surface area (Å²) in [6.07, 6.45) is -6.70. The number of nitrogens with zero attached hydrogens (tertiary/aromatic N) is 2. The summed E-state index contributed by atoms with van der Waals surface area (Å²) in [5.41, 5.74) is -2.64. The Bertz CT molecular complexity index is 461. The number of carbonyl (C=O) groups is 1. The molecule has 0 unspecified atom stereocenters. The molecule has 0 spiro atoms. The first-order valence-electron chi connectivity index (χ1n) is 7.88. The van der Waals surface area contributed by atoms with Crippen molar-refractivity contribution in [2.75, 3.05) is 38.9 Å². The topological polar surface area (TPSA) is 170 Å². The lowest BCUT2D eigenvalue weighted by atomic mass is 9.93. The van der Waals surface area contributed by atoms with Gasteiger partial charge < -0.3 is 40.0 Å². The first kappa shape index (κ1) is 22.9. The Morgan fingerprint density at radius 3 is 2.65 bits per heavy atom. The Labute approximate surface area is 154 Å². The second-order valence-electron chi connectivity index (χ2n) is 5.34. The summed E-state index contributed by atoms with van der Waals surface area (Å²) < 4.78 is 15.6. The van der Waals surface area contributed by atoms with Crippen LogP contribution in [0.15, 0.2) is 5.29 Å². The van der Waals surface area contributed by atoms with Crippen molar-refractivity contribution < 1.29 is 39.4 Å². The Hall–Kier alpha value is -1.12. The first-order chi connectivity index (χ1) is 12.3. The number of amides is 2. The van der Waals surface area contributed by atoms with E-state index in [2.05, 4.69) is 5.29 Å². The summed E-state index contributed by atoms with van der Waals surface area (Å²) in [6.45, 7) is 1.26. The molecule has 1 fully saturated rings. The molecule has 1 saturated heterocycles. The van der Waals surface area contributed by atoms with Gasteiger partial charge in [-0.2, -0.15) is 5.01 Å². The average Bonchev–Trinajstić information content (AvgIpc) is 2.63. The molecule has 12 nitrogen and oxygen atoms in total. The van der Waals surface area contributed by atoms with Crippen LogP contribution in [-0.2, 0) is 14.2 Å². The van der Waals surface area contributed by atoms with Gasteiger partial charge in [0.15, 0.2) is 0 Å². The number of hydrogen-bond acceptors (Lipinski definition) is 10. The highest BCUT2D eigenvalue weighted by molar-refractivity contribution is 6.18. The molecule has 0 saturated carbocycles. The lowest BCUT2D eigenvalue weighted by molar-refractivity contribution is -0.348. The molecule has 0 aromatic heterocycles. The van der Waals surface area contributed by atoms with E-state index >= 15 is 0 Å². The molecule has 0 aliphatic carbocycles. The van der Waals surface area contributed by atoms with Gasteiger partial charge >= 0.3 is 6.03 Å². The van der Waals surface area contributed by atoms with E-state index < -0.39 is 43.0 Å². The summed E-state index contributed by atoms with van der Waals surface area (Å²) in [7, 11) is 0. The van der Waals surface area contributed by atoms with Crippen molar-refractivity contribution in [3.8, 4) is 0 Å². The molecule has 0 radical (unpaired) electrons. The fourth-order valence-corrected chi connectivity index (χ4v) is 2.41. The van der Waals surface area contributed by atoms with Crippen molar-refractivity contribution in [1.29, 1.82) is 0 Å². The number of carbonyl (C=O) groups excluding carboxylic acids is 1. The molecule has 5 atom stereocenters. The minimum Gasteiger partial charge on any atom is -0.394 e. The van der Waals surface area contributed by atoms with Crippen LogP contribution in [0.3, 0.4) is 0 Å². The van der Waals surface area contributed by atoms with Gasteiger partial charge in [0.1, 0.15) is 18.3 Å². The van der Waals surface area contributed by atoms with E-state index in [4.69, 9.17) is 25.8 Å². The number of rotatable bonds is 10. The number of aliphatic hydroxyl groups is 4. The highest BCUT2D eigenvalue weighted by atomic mass is 35.5. The van der Waals surface area contributed by atoms with Crippen LogP contribution < -0.4 is 5.32 Å². The molecule has 0 bridgehead atoms. The van der Waals surface area contributed by atoms with Crippen molar-refractivity contribution in [2.45, 2.75) is 37.3 Å². The molecule has 0 aromatic rings. The van der Waals surface area contributed by atoms with Crippen LogP contribution in [-0.4, -0.2) is 101 Å². The molecular formula is C13H24ClN3O9. The number of aliphatic hydroxyl groups excluding tert-OH is 3. The largest absolute Gasteiger partial charge is 0.394 e. The molecule has 1 aliphatic rings. The number of alkyl halides is 1. The third-order valence-electron chi connectivity index (χ3n) is 3.63. The van der Waals surface area contributed by atoms with Crippen LogP contribution in [0.5, 0.6) is 0 Å². The van der Waals surface area contributed by atoms with Gasteiger partial charge in [-0.1, -0.05) is 0 Å². The van der Waals surface area contributed by atoms with Gasteiger partial charge in [0.05, 0.1) is 31.7 Å². The molecule has 26 heavy (non-hydrogen) atoms. The monoisotopic (exact) mass is 401 g/mol. The minimum atomic E-state index is -2.64. The molecule has 0 aromatic carbocycles. The third-order valence-corrected chi connectivity index (χ3v) is 3.80. The van der Waals surface area contributed by atoms with E-state index in [9.17, 15) is 30.1 Å². The van der Waals surface area contributed by atoms with Crippen LogP contribution >= 0.6 is 11.6 Å². The van der Waals surface area contributed by atoms with Gasteiger partial charge in [-0.05, 0) is 6.92 Å². The second kappa shape index (κ2) is 10.9. The maximum absolute atomic E-state index is 12.1. The number of halogens is 1. The molecule has 1 rings (SSSR count). The average molecular weight is 402 g/mol. The van der Waals surface area contributed by atoms with E-state index in [0.717, 1.165) is 0 Å². The van der Waals surface area contributed by atoms with Crippen molar-refractivity contribution in [3.05, 3.63) is 4.91 Å². The summed E-state index contributed by atoms with van der Waals surface area (Å²) in [4.78, 5) is 22.8. The van der Waals surface area contributed by atoms with Gasteiger partial charge in [0.25, 0.3) is 0 Å². The van der Waals surface area contributed by atoms with E-state index in [1.807, 2.05) is 5.32 Å². The molecule has 152 valence electrons. The van der Waals surface area contributed by atoms with Crippen LogP contribution in [0.2, 0.25) is 0 Å². The summed E-state index contributed by atoms with van der Waals surface area (Å²) in [5, 5.41) is 44.9. The number of hydrogen-bond donors (Lipinski definition) is 5. The van der Waals surface area contributed by atoms with E-state index in [-0.39, 0.29) is 25.6 Å². The van der Waals surface area contributed by atoms with Crippen LogP contribution in [0.25, 0.3) is 0 Å². The zero-order valence-corrected chi connectivity index (χ0v) is 14.9.